The second-order valence-electron chi connectivity index (χ2n) is 4.44. The molecule has 2 nitrogen and oxygen atoms in total. The minimum absolute atomic E-state index is 0.653. The smallest absolute Gasteiger partial charge is 0.00435 e. The van der Waals surface area contributed by atoms with E-state index in [0.717, 1.165) is 12.5 Å². The number of nitrogens with two attached hydrogens (primary N) is 1. The van der Waals surface area contributed by atoms with Gasteiger partial charge in [-0.2, -0.15) is 0 Å². The van der Waals surface area contributed by atoms with Crippen molar-refractivity contribution >= 4 is 0 Å². The van der Waals surface area contributed by atoms with Crippen molar-refractivity contribution in [1.82, 2.24) is 5.32 Å². The van der Waals surface area contributed by atoms with Crippen molar-refractivity contribution in [3.63, 3.8) is 0 Å². The summed E-state index contributed by atoms with van der Waals surface area (Å²) in [5.74, 6) is 0.833. The average Bonchev–Trinajstić information content (AvgIpc) is 2.49. The van der Waals surface area contributed by atoms with Crippen molar-refractivity contribution in [2.75, 3.05) is 19.6 Å². The molecular formula is C10H20N2. The first-order valence-corrected chi connectivity index (χ1v) is 5.28. The predicted octanol–water partition coefficient (Wildman–Crippen LogP) is 1.11. The first-order chi connectivity index (χ1) is 5.87. The van der Waals surface area contributed by atoms with E-state index in [-0.39, 0.29) is 0 Å². The van der Waals surface area contributed by atoms with E-state index in [1.165, 1.54) is 45.2 Å². The van der Waals surface area contributed by atoms with Gasteiger partial charge in [0.15, 0.2) is 0 Å². The molecule has 1 spiro atoms. The molecule has 0 amide bonds. The lowest BCUT2D eigenvalue weighted by atomic mass is 9.71. The lowest BCUT2D eigenvalue weighted by Gasteiger charge is -2.39. The van der Waals surface area contributed by atoms with Gasteiger partial charge in [0.05, 0.1) is 0 Å². The maximum absolute atomic E-state index is 5.82. The zero-order chi connectivity index (χ0) is 8.44. The van der Waals surface area contributed by atoms with Gasteiger partial charge >= 0.3 is 0 Å². The molecule has 1 aliphatic carbocycles. The molecule has 1 atom stereocenters. The van der Waals surface area contributed by atoms with Crippen molar-refractivity contribution in [2.24, 2.45) is 17.1 Å². The van der Waals surface area contributed by atoms with Crippen LogP contribution in [0.25, 0.3) is 0 Å². The fourth-order valence-electron chi connectivity index (χ4n) is 3.16. The Morgan fingerprint density at radius 2 is 2.00 bits per heavy atom. The molecule has 2 heteroatoms. The quantitative estimate of drug-likeness (QED) is 0.615. The summed E-state index contributed by atoms with van der Waals surface area (Å²) in [7, 11) is 0. The van der Waals surface area contributed by atoms with Crippen LogP contribution in [0.1, 0.15) is 32.1 Å². The highest BCUT2D eigenvalue weighted by molar-refractivity contribution is 4.95. The van der Waals surface area contributed by atoms with Gasteiger partial charge in [0.1, 0.15) is 0 Å². The van der Waals surface area contributed by atoms with E-state index in [0.29, 0.717) is 5.41 Å². The van der Waals surface area contributed by atoms with Crippen molar-refractivity contribution in [1.29, 1.82) is 0 Å². The number of hydrogen-bond acceptors (Lipinski definition) is 2. The maximum Gasteiger partial charge on any atom is -0.00435 e. The van der Waals surface area contributed by atoms with Gasteiger partial charge in [-0.25, -0.2) is 0 Å². The molecule has 0 aromatic carbocycles. The summed E-state index contributed by atoms with van der Waals surface area (Å²) < 4.78 is 0. The van der Waals surface area contributed by atoms with E-state index in [4.69, 9.17) is 5.73 Å². The van der Waals surface area contributed by atoms with Crippen molar-refractivity contribution in [2.45, 2.75) is 32.1 Å². The number of rotatable bonds is 1. The Bertz CT molecular complexity index is 150. The fourth-order valence-corrected chi connectivity index (χ4v) is 3.16. The van der Waals surface area contributed by atoms with Crippen molar-refractivity contribution in [3.8, 4) is 0 Å². The van der Waals surface area contributed by atoms with Crippen LogP contribution in [0.2, 0.25) is 0 Å². The second kappa shape index (κ2) is 3.35. The average molecular weight is 168 g/mol. The van der Waals surface area contributed by atoms with Gasteiger partial charge in [-0.3, -0.25) is 0 Å². The van der Waals surface area contributed by atoms with Gasteiger partial charge in [-0.1, -0.05) is 6.42 Å². The van der Waals surface area contributed by atoms with E-state index in [2.05, 4.69) is 5.32 Å². The summed E-state index contributed by atoms with van der Waals surface area (Å²) >= 11 is 0. The Morgan fingerprint density at radius 1 is 1.25 bits per heavy atom. The molecule has 1 heterocycles. The van der Waals surface area contributed by atoms with Crippen LogP contribution in [0, 0.1) is 11.3 Å². The molecule has 2 rings (SSSR count). The normalized spacial score (nSPS) is 34.2. The largest absolute Gasteiger partial charge is 0.330 e. The molecule has 1 aliphatic heterocycles. The van der Waals surface area contributed by atoms with Gasteiger partial charge in [0, 0.05) is 0 Å². The number of nitrogens with one attached hydrogen (secondary N) is 1. The first kappa shape index (κ1) is 8.52. The van der Waals surface area contributed by atoms with Crippen LogP contribution in [-0.4, -0.2) is 19.6 Å². The molecule has 0 aromatic rings. The van der Waals surface area contributed by atoms with E-state index in [9.17, 15) is 0 Å². The molecule has 12 heavy (non-hydrogen) atoms. The third-order valence-electron chi connectivity index (χ3n) is 3.98. The molecule has 0 radical (unpaired) electrons. The van der Waals surface area contributed by atoms with Gasteiger partial charge < -0.3 is 11.1 Å². The zero-order valence-electron chi connectivity index (χ0n) is 7.81. The van der Waals surface area contributed by atoms with Crippen LogP contribution in [0.5, 0.6) is 0 Å². The molecule has 2 fully saturated rings. The summed E-state index contributed by atoms with van der Waals surface area (Å²) in [5.41, 5.74) is 6.47. The maximum atomic E-state index is 5.82. The minimum atomic E-state index is 0.653. The fraction of sp³-hybridized carbons (Fsp3) is 1.00. The molecular weight excluding hydrogens is 148 g/mol. The van der Waals surface area contributed by atoms with Crippen LogP contribution in [0.4, 0.5) is 0 Å². The molecule has 0 bridgehead atoms. The molecule has 1 unspecified atom stereocenters. The van der Waals surface area contributed by atoms with Gasteiger partial charge in [0.25, 0.3) is 0 Å². The standard InChI is InChI=1S/C10H20N2/c11-8-9-2-1-3-10(9)4-6-12-7-5-10/h9,12H,1-8,11H2. The SMILES string of the molecule is NCC1CCCC12CCNCC2. The van der Waals surface area contributed by atoms with Crippen LogP contribution in [-0.2, 0) is 0 Å². The van der Waals surface area contributed by atoms with Crippen LogP contribution in [0.15, 0.2) is 0 Å². The van der Waals surface area contributed by atoms with Crippen LogP contribution >= 0.6 is 0 Å². The minimum Gasteiger partial charge on any atom is -0.330 e. The Morgan fingerprint density at radius 3 is 2.67 bits per heavy atom. The molecule has 0 aromatic heterocycles. The number of piperidine rings is 1. The van der Waals surface area contributed by atoms with E-state index in [1.807, 2.05) is 0 Å². The Labute approximate surface area is 74.9 Å². The Balaban J connectivity index is 2.05. The van der Waals surface area contributed by atoms with E-state index >= 15 is 0 Å². The zero-order valence-corrected chi connectivity index (χ0v) is 7.81. The summed E-state index contributed by atoms with van der Waals surface area (Å²) in [6, 6.07) is 0. The van der Waals surface area contributed by atoms with Gasteiger partial charge in [-0.05, 0) is 56.7 Å². The molecule has 1 saturated heterocycles. The lowest BCUT2D eigenvalue weighted by molar-refractivity contribution is 0.142. The number of hydrogen-bond donors (Lipinski definition) is 2. The summed E-state index contributed by atoms with van der Waals surface area (Å²) in [5, 5.41) is 3.44. The Hall–Kier alpha value is -0.0800. The van der Waals surface area contributed by atoms with Crippen molar-refractivity contribution in [3.05, 3.63) is 0 Å². The van der Waals surface area contributed by atoms with Crippen LogP contribution in [0.3, 0.4) is 0 Å². The van der Waals surface area contributed by atoms with Crippen LogP contribution < -0.4 is 11.1 Å². The van der Waals surface area contributed by atoms with Gasteiger partial charge in [-0.15, -0.1) is 0 Å². The van der Waals surface area contributed by atoms with E-state index in [1.54, 1.807) is 0 Å². The highest BCUT2D eigenvalue weighted by Gasteiger charge is 2.42. The summed E-state index contributed by atoms with van der Waals surface area (Å²) in [6.07, 6.45) is 6.98. The lowest BCUT2D eigenvalue weighted by Crippen LogP contribution is -2.41. The third kappa shape index (κ3) is 1.27. The third-order valence-corrected chi connectivity index (χ3v) is 3.98. The Kier molecular flexibility index (Phi) is 2.37. The topological polar surface area (TPSA) is 38.0 Å². The first-order valence-electron chi connectivity index (χ1n) is 5.28. The predicted molar refractivity (Wildman–Crippen MR) is 50.9 cm³/mol. The highest BCUT2D eigenvalue weighted by Crippen LogP contribution is 2.48. The summed E-state index contributed by atoms with van der Waals surface area (Å²) in [6.45, 7) is 3.35. The van der Waals surface area contributed by atoms with E-state index < -0.39 is 0 Å². The molecule has 2 aliphatic rings. The molecule has 3 N–H and O–H groups in total. The second-order valence-corrected chi connectivity index (χ2v) is 4.44. The van der Waals surface area contributed by atoms with Crippen molar-refractivity contribution < 1.29 is 0 Å². The summed E-state index contributed by atoms with van der Waals surface area (Å²) in [4.78, 5) is 0. The highest BCUT2D eigenvalue weighted by atomic mass is 14.9. The molecule has 1 saturated carbocycles. The molecule has 70 valence electrons. The van der Waals surface area contributed by atoms with Gasteiger partial charge in [0.2, 0.25) is 0 Å². The monoisotopic (exact) mass is 168 g/mol.